The van der Waals surface area contributed by atoms with Crippen LogP contribution in [0.25, 0.3) is 0 Å². The molecule has 0 aromatic carbocycles. The van der Waals surface area contributed by atoms with E-state index in [-0.39, 0.29) is 0 Å². The number of rotatable bonds is 7. The third-order valence-corrected chi connectivity index (χ3v) is 6.14. The van der Waals surface area contributed by atoms with Gasteiger partial charge < -0.3 is 79.9 Å². The minimum absolute atomic E-state index is 0.559. The van der Waals surface area contributed by atoms with Crippen LogP contribution in [0.2, 0.25) is 0 Å². The van der Waals surface area contributed by atoms with E-state index in [2.05, 4.69) is 0 Å². The van der Waals surface area contributed by atoms with Gasteiger partial charge in [0.2, 0.25) is 5.79 Å². The van der Waals surface area contributed by atoms with Gasteiger partial charge in [-0.05, 0) is 0 Å². The maximum atomic E-state index is 10.3. The van der Waals surface area contributed by atoms with Gasteiger partial charge in [0.25, 0.3) is 0 Å². The van der Waals surface area contributed by atoms with Crippen molar-refractivity contribution in [2.75, 3.05) is 26.4 Å². The molecule has 0 aromatic rings. The summed E-state index contributed by atoms with van der Waals surface area (Å²) in [4.78, 5) is 0. The first-order valence-corrected chi connectivity index (χ1v) is 10.6. The Morgan fingerprint density at radius 2 is 1.24 bits per heavy atom. The van der Waals surface area contributed by atoms with Gasteiger partial charge >= 0.3 is 0 Å². The van der Waals surface area contributed by atoms with E-state index in [1.807, 2.05) is 0 Å². The summed E-state index contributed by atoms with van der Waals surface area (Å²) in [5.74, 6) is -2.37. The van der Waals surface area contributed by atoms with Crippen LogP contribution in [0.3, 0.4) is 0 Å². The van der Waals surface area contributed by atoms with Crippen LogP contribution in [-0.2, 0) is 23.7 Å². The number of aliphatic hydroxyl groups excluding tert-OH is 11. The van der Waals surface area contributed by atoms with Crippen molar-refractivity contribution in [3.05, 3.63) is 0 Å². The number of ether oxygens (including phenoxy) is 5. The van der Waals surface area contributed by atoms with Crippen LogP contribution < -0.4 is 0 Å². The van der Waals surface area contributed by atoms with Crippen molar-refractivity contribution in [3.8, 4) is 0 Å². The summed E-state index contributed by atoms with van der Waals surface area (Å²) in [7, 11) is 0. The molecule has 14 atom stereocenters. The van der Waals surface area contributed by atoms with E-state index < -0.39 is 112 Å². The van der Waals surface area contributed by atoms with Crippen molar-refractivity contribution in [1.29, 1.82) is 0 Å². The first-order valence-electron chi connectivity index (χ1n) is 10.6. The molecule has 200 valence electrons. The maximum Gasteiger partial charge on any atom is 0.223 e. The third-order valence-electron chi connectivity index (χ3n) is 6.14. The molecular weight excluding hydrogens is 472 g/mol. The van der Waals surface area contributed by atoms with Crippen LogP contribution >= 0.6 is 0 Å². The van der Waals surface area contributed by atoms with E-state index in [1.165, 1.54) is 0 Å². The molecule has 34 heavy (non-hydrogen) atoms. The number of hydrogen-bond acceptors (Lipinski definition) is 16. The fourth-order valence-electron chi connectivity index (χ4n) is 3.90. The van der Waals surface area contributed by atoms with Crippen molar-refractivity contribution in [3.63, 3.8) is 0 Å². The summed E-state index contributed by atoms with van der Waals surface area (Å²) in [6, 6.07) is 0. The van der Waals surface area contributed by atoms with E-state index >= 15 is 0 Å². The van der Waals surface area contributed by atoms with Gasteiger partial charge in [-0.15, -0.1) is 0 Å². The lowest BCUT2D eigenvalue weighted by Gasteiger charge is -2.48. The Hall–Kier alpha value is -0.640. The topological polar surface area (TPSA) is 269 Å². The van der Waals surface area contributed by atoms with Crippen LogP contribution in [-0.4, -0.2) is 168 Å². The Labute approximate surface area is 192 Å². The molecule has 0 radical (unpaired) electrons. The molecule has 0 spiro atoms. The minimum atomic E-state index is -2.37. The molecule has 3 heterocycles. The van der Waals surface area contributed by atoms with E-state index in [0.717, 1.165) is 0 Å². The molecule has 3 aliphatic heterocycles. The fourth-order valence-corrected chi connectivity index (χ4v) is 3.90. The lowest BCUT2D eigenvalue weighted by atomic mass is 9.96. The molecule has 16 heteroatoms. The van der Waals surface area contributed by atoms with Crippen molar-refractivity contribution in [2.45, 2.75) is 85.5 Å². The van der Waals surface area contributed by atoms with E-state index in [1.54, 1.807) is 0 Å². The first-order chi connectivity index (χ1) is 16.0. The molecule has 0 aliphatic carbocycles. The van der Waals surface area contributed by atoms with Gasteiger partial charge in [-0.3, -0.25) is 0 Å². The minimum Gasteiger partial charge on any atom is -0.394 e. The molecule has 1 unspecified atom stereocenters. The average Bonchev–Trinajstić information content (AvgIpc) is 2.83. The Morgan fingerprint density at radius 3 is 1.82 bits per heavy atom. The molecule has 0 aromatic heterocycles. The van der Waals surface area contributed by atoms with Crippen LogP contribution in [0.15, 0.2) is 0 Å². The van der Waals surface area contributed by atoms with E-state index in [9.17, 15) is 56.2 Å². The summed E-state index contributed by atoms with van der Waals surface area (Å²) in [6.07, 6.45) is -22.2. The summed E-state index contributed by atoms with van der Waals surface area (Å²) in [5.41, 5.74) is 0. The van der Waals surface area contributed by atoms with Gasteiger partial charge in [-0.1, -0.05) is 0 Å². The molecule has 0 saturated carbocycles. The van der Waals surface area contributed by atoms with Crippen molar-refractivity contribution < 1.29 is 79.9 Å². The lowest BCUT2D eigenvalue weighted by Crippen LogP contribution is -2.68. The van der Waals surface area contributed by atoms with Crippen LogP contribution in [0.5, 0.6) is 0 Å². The standard InChI is InChI=1S/C18H32O16/c19-1-6-9(23)11(25)13(27)16(32-6)30-3-7-10(24)12(26)14(28)17(33-7)34-18(4-20)15(29)8(22)5(21)2-31-18/h5-17,19-29H,1-4H2/t5-,6-,7-,8-,9+,10-,11+,12+,13-,14-,15+,16+,17-,18?/m1/s1. The van der Waals surface area contributed by atoms with Gasteiger partial charge in [-0.25, -0.2) is 0 Å². The van der Waals surface area contributed by atoms with Gasteiger partial charge in [-0.2, -0.15) is 0 Å². The highest BCUT2D eigenvalue weighted by molar-refractivity contribution is 4.96. The smallest absolute Gasteiger partial charge is 0.223 e. The number of hydrogen-bond donors (Lipinski definition) is 11. The second-order valence-electron chi connectivity index (χ2n) is 8.45. The summed E-state index contributed by atoms with van der Waals surface area (Å²) >= 11 is 0. The Bertz CT molecular complexity index is 653. The fraction of sp³-hybridized carbons (Fsp3) is 1.00. The highest BCUT2D eigenvalue weighted by Crippen LogP contribution is 2.33. The highest BCUT2D eigenvalue weighted by Gasteiger charge is 2.55. The van der Waals surface area contributed by atoms with Crippen LogP contribution in [0.1, 0.15) is 0 Å². The van der Waals surface area contributed by atoms with Gasteiger partial charge in [0, 0.05) is 0 Å². The summed E-state index contributed by atoms with van der Waals surface area (Å²) < 4.78 is 26.4. The normalized spacial score (nSPS) is 52.5. The largest absolute Gasteiger partial charge is 0.394 e. The zero-order valence-electron chi connectivity index (χ0n) is 17.8. The molecular formula is C18H32O16. The van der Waals surface area contributed by atoms with E-state index in [0.29, 0.717) is 0 Å². The Balaban J connectivity index is 1.69. The van der Waals surface area contributed by atoms with E-state index in [4.69, 9.17) is 23.7 Å². The van der Waals surface area contributed by atoms with Crippen LogP contribution in [0, 0.1) is 0 Å². The zero-order valence-corrected chi connectivity index (χ0v) is 17.8. The molecule has 16 nitrogen and oxygen atoms in total. The Morgan fingerprint density at radius 1 is 0.676 bits per heavy atom. The van der Waals surface area contributed by atoms with Gasteiger partial charge in [0.1, 0.15) is 73.8 Å². The Kier molecular flexibility index (Phi) is 9.18. The first kappa shape index (κ1) is 27.9. The molecule has 0 amide bonds. The van der Waals surface area contributed by atoms with Crippen LogP contribution in [0.4, 0.5) is 0 Å². The van der Waals surface area contributed by atoms with Crippen molar-refractivity contribution in [2.24, 2.45) is 0 Å². The second kappa shape index (κ2) is 11.2. The predicted octanol–water partition coefficient (Wildman–Crippen LogP) is -7.57. The van der Waals surface area contributed by atoms with Gasteiger partial charge in [0.15, 0.2) is 12.6 Å². The summed E-state index contributed by atoms with van der Waals surface area (Å²) in [5, 5.41) is 109. The van der Waals surface area contributed by atoms with Crippen molar-refractivity contribution >= 4 is 0 Å². The highest BCUT2D eigenvalue weighted by atomic mass is 16.8. The molecule has 3 fully saturated rings. The molecule has 3 aliphatic rings. The molecule has 0 bridgehead atoms. The zero-order chi connectivity index (χ0) is 25.4. The second-order valence-corrected chi connectivity index (χ2v) is 8.45. The lowest BCUT2D eigenvalue weighted by molar-refractivity contribution is -0.417. The maximum absolute atomic E-state index is 10.3. The SMILES string of the molecule is OC[C@H]1O[C@H](OC[C@H]2O[C@H](OC3(CO)OC[C@@H](O)[C@@H](O)[C@@H]3O)[C@H](O)[C@@H](O)[C@@H]2O)[C@H](O)[C@@H](O)[C@H]1O. The van der Waals surface area contributed by atoms with Crippen molar-refractivity contribution in [1.82, 2.24) is 0 Å². The molecule has 3 rings (SSSR count). The third kappa shape index (κ3) is 5.23. The average molecular weight is 504 g/mol. The number of aliphatic hydroxyl groups is 11. The predicted molar refractivity (Wildman–Crippen MR) is 101 cm³/mol. The van der Waals surface area contributed by atoms with Gasteiger partial charge in [0.05, 0.1) is 19.8 Å². The molecule has 11 N–H and O–H groups in total. The molecule has 3 saturated heterocycles. The monoisotopic (exact) mass is 504 g/mol. The summed E-state index contributed by atoms with van der Waals surface area (Å²) in [6.45, 7) is -2.96. The quantitative estimate of drug-likeness (QED) is 0.154.